The van der Waals surface area contributed by atoms with Gasteiger partial charge in [0.15, 0.2) is 5.78 Å². The van der Waals surface area contributed by atoms with Crippen LogP contribution in [-0.2, 0) is 24.1 Å². The number of hydrogen-bond donors (Lipinski definition) is 0. The molecule has 0 N–H and O–H groups in total. The van der Waals surface area contributed by atoms with E-state index in [4.69, 9.17) is 4.65 Å². The molecule has 0 aromatic heterocycles. The zero-order valence-electron chi connectivity index (χ0n) is 29.7. The van der Waals surface area contributed by atoms with Gasteiger partial charge in [-0.1, -0.05) is 226 Å². The van der Waals surface area contributed by atoms with Gasteiger partial charge in [-0.05, 0) is 53.2 Å². The molecule has 53 heavy (non-hydrogen) atoms. The molecule has 0 radical (unpaired) electrons. The average Bonchev–Trinajstić information content (AvgIpc) is 3.24. The van der Waals surface area contributed by atoms with Gasteiger partial charge in [0.2, 0.25) is 0 Å². The molecule has 264 valence electrons. The molecule has 0 bridgehead atoms. The predicted octanol–water partition coefficient (Wildman–Crippen LogP) is 9.77. The molecule has 0 aliphatic carbocycles. The summed E-state index contributed by atoms with van der Waals surface area (Å²) >= 11 is 0. The number of carbonyl (C=O) groups is 1. The van der Waals surface area contributed by atoms with Gasteiger partial charge in [-0.2, -0.15) is 0 Å². The van der Waals surface area contributed by atoms with Crippen molar-refractivity contribution in [1.29, 1.82) is 0 Å². The summed E-state index contributed by atoms with van der Waals surface area (Å²) in [6.07, 6.45) is 2.26. The molecule has 0 amide bonds. The van der Waals surface area contributed by atoms with Crippen LogP contribution in [0.15, 0.2) is 213 Å². The van der Waals surface area contributed by atoms with Crippen LogP contribution in [0.3, 0.4) is 0 Å². The minimum Gasteiger partial charge on any atom is -0.0622 e. The topological polar surface area (TPSA) is 37.0 Å². The second kappa shape index (κ2) is 24.4. The SMILES string of the molecule is C=Cc1ccccc1C(=O)CC.[C-]#[O+].[Ru].c1ccc(P(c2ccccc2)c2ccccc2)cc1.c1ccc(P(c2ccccc2)c2ccccc2)cc1. The summed E-state index contributed by atoms with van der Waals surface area (Å²) in [6, 6.07) is 72.2. The third-order valence-corrected chi connectivity index (χ3v) is 12.8. The fourth-order valence-corrected chi connectivity index (χ4v) is 10.1. The molecule has 2 nitrogen and oxygen atoms in total. The fourth-order valence-electron chi connectivity index (χ4n) is 5.48. The van der Waals surface area contributed by atoms with E-state index in [9.17, 15) is 4.79 Å². The van der Waals surface area contributed by atoms with Crippen LogP contribution in [0.4, 0.5) is 0 Å². The normalized spacial score (nSPS) is 9.75. The first-order chi connectivity index (χ1) is 25.7. The molecule has 0 saturated heterocycles. The van der Waals surface area contributed by atoms with Gasteiger partial charge in [0.25, 0.3) is 0 Å². The van der Waals surface area contributed by atoms with E-state index in [2.05, 4.69) is 195 Å². The Morgan fingerprint density at radius 1 is 0.472 bits per heavy atom. The van der Waals surface area contributed by atoms with Gasteiger partial charge in [-0.15, -0.1) is 0 Å². The van der Waals surface area contributed by atoms with Crippen molar-refractivity contribution in [3.63, 3.8) is 0 Å². The summed E-state index contributed by atoms with van der Waals surface area (Å²) < 4.78 is 7.50. The third-order valence-electron chi connectivity index (χ3n) is 7.89. The van der Waals surface area contributed by atoms with E-state index in [0.717, 1.165) is 11.1 Å². The van der Waals surface area contributed by atoms with E-state index in [0.29, 0.717) is 6.42 Å². The van der Waals surface area contributed by atoms with E-state index < -0.39 is 15.8 Å². The van der Waals surface area contributed by atoms with Crippen molar-refractivity contribution in [2.45, 2.75) is 13.3 Å². The quantitative estimate of drug-likeness (QED) is 0.0471. The maximum atomic E-state index is 11.3. The predicted molar refractivity (Wildman–Crippen MR) is 225 cm³/mol. The van der Waals surface area contributed by atoms with E-state index in [1.54, 1.807) is 6.08 Å². The van der Waals surface area contributed by atoms with Crippen molar-refractivity contribution in [2.24, 2.45) is 0 Å². The van der Waals surface area contributed by atoms with Crippen molar-refractivity contribution in [3.05, 3.63) is 231 Å². The Labute approximate surface area is 330 Å². The number of rotatable bonds is 9. The minimum absolute atomic E-state index is 0. The number of carbonyl (C=O) groups excluding carboxylic acids is 1. The molecule has 0 unspecified atom stereocenters. The molecule has 7 rings (SSSR count). The largest absolute Gasteiger partial charge is 0.0622 e. The minimum atomic E-state index is -0.446. The van der Waals surface area contributed by atoms with Crippen molar-refractivity contribution in [2.75, 3.05) is 0 Å². The number of benzene rings is 7. The summed E-state index contributed by atoms with van der Waals surface area (Å²) in [5, 5.41) is 8.39. The molecule has 0 spiro atoms. The summed E-state index contributed by atoms with van der Waals surface area (Å²) in [5.41, 5.74) is 1.69. The molecule has 5 heteroatoms. The maximum absolute atomic E-state index is 11.3. The summed E-state index contributed by atoms with van der Waals surface area (Å²) in [7, 11) is -0.892. The Kier molecular flexibility index (Phi) is 19.6. The van der Waals surface area contributed by atoms with Gasteiger partial charge in [-0.3, -0.25) is 4.79 Å². The molecule has 7 aromatic rings. The summed E-state index contributed by atoms with van der Waals surface area (Å²) in [5.74, 6) is 0.172. The van der Waals surface area contributed by atoms with Gasteiger partial charge in [0.05, 0.1) is 0 Å². The van der Waals surface area contributed by atoms with Crippen LogP contribution >= 0.6 is 15.8 Å². The standard InChI is InChI=1S/2C18H15P.C11H12O.CO.Ru/c2*1-4-10-16(11-5-1)19(17-12-6-2-7-13-17)18-14-8-3-9-15-18;1-3-9-7-5-6-8-10(9)11(12)4-2;1-2;/h2*1-15H;3,5-8H,1,4H2,2H3;;. The van der Waals surface area contributed by atoms with Crippen molar-refractivity contribution < 1.29 is 28.9 Å². The van der Waals surface area contributed by atoms with E-state index in [-0.39, 0.29) is 25.3 Å². The van der Waals surface area contributed by atoms with Crippen molar-refractivity contribution in [3.8, 4) is 0 Å². The first-order valence-corrected chi connectivity index (χ1v) is 19.7. The second-order valence-electron chi connectivity index (χ2n) is 11.3. The van der Waals surface area contributed by atoms with Gasteiger partial charge in [0, 0.05) is 31.5 Å². The molecule has 0 atom stereocenters. The molecule has 0 aliphatic rings. The van der Waals surface area contributed by atoms with Gasteiger partial charge in [0.1, 0.15) is 0 Å². The van der Waals surface area contributed by atoms with Crippen LogP contribution in [0.25, 0.3) is 6.08 Å². The Bertz CT molecular complexity index is 1750. The van der Waals surface area contributed by atoms with Gasteiger partial charge >= 0.3 is 11.3 Å². The summed E-state index contributed by atoms with van der Waals surface area (Å²) in [6.45, 7) is 10.0. The first kappa shape index (κ1) is 42.6. The Morgan fingerprint density at radius 3 is 0.925 bits per heavy atom. The molecule has 0 heterocycles. The smallest absolute Gasteiger partial charge is 0 e. The first-order valence-electron chi connectivity index (χ1n) is 17.0. The Morgan fingerprint density at radius 2 is 0.698 bits per heavy atom. The number of hydrogen-bond acceptors (Lipinski definition) is 1. The van der Waals surface area contributed by atoms with Crippen LogP contribution in [0.2, 0.25) is 0 Å². The maximum Gasteiger partial charge on any atom is 0 e. The van der Waals surface area contributed by atoms with Crippen LogP contribution < -0.4 is 31.8 Å². The fraction of sp³-hybridized carbons (Fsp3) is 0.0417. The molecular weight excluding hydrogens is 772 g/mol. The van der Waals surface area contributed by atoms with E-state index in [1.807, 2.05) is 31.2 Å². The molecular formula is C48H42O2P2Ru. The summed E-state index contributed by atoms with van der Waals surface area (Å²) in [4.78, 5) is 11.3. The second-order valence-corrected chi connectivity index (χ2v) is 15.7. The van der Waals surface area contributed by atoms with Crippen LogP contribution in [0.5, 0.6) is 0 Å². The Balaban J connectivity index is 0.000000213. The van der Waals surface area contributed by atoms with Gasteiger partial charge in [-0.25, -0.2) is 0 Å². The molecule has 0 aliphatic heterocycles. The van der Waals surface area contributed by atoms with Crippen LogP contribution in [-0.4, -0.2) is 5.78 Å². The third kappa shape index (κ3) is 13.0. The van der Waals surface area contributed by atoms with Crippen LogP contribution in [0, 0.1) is 6.65 Å². The molecule has 7 aromatic carbocycles. The van der Waals surface area contributed by atoms with Gasteiger partial charge < -0.3 is 0 Å². The van der Waals surface area contributed by atoms with Crippen molar-refractivity contribution in [1.82, 2.24) is 0 Å². The molecule has 0 saturated carbocycles. The van der Waals surface area contributed by atoms with Crippen LogP contribution in [0.1, 0.15) is 29.3 Å². The zero-order chi connectivity index (χ0) is 36.8. The zero-order valence-corrected chi connectivity index (χ0v) is 33.2. The van der Waals surface area contributed by atoms with E-state index in [1.165, 1.54) is 31.8 Å². The van der Waals surface area contributed by atoms with Crippen molar-refractivity contribution >= 4 is 59.5 Å². The number of Topliss-reactive ketones (excluding diaryl/α,β-unsaturated/α-hetero) is 1. The van der Waals surface area contributed by atoms with E-state index >= 15 is 0 Å². The monoisotopic (exact) mass is 814 g/mol. The average molecular weight is 814 g/mol. The Hall–Kier alpha value is -4.83. The molecule has 0 fully saturated rings. The number of ketones is 1.